The van der Waals surface area contributed by atoms with Crippen molar-refractivity contribution in [1.29, 1.82) is 0 Å². The molecule has 1 heterocycles. The molecule has 132 valence electrons. The summed E-state index contributed by atoms with van der Waals surface area (Å²) in [6.07, 6.45) is 2.81. The van der Waals surface area contributed by atoms with Crippen molar-refractivity contribution < 1.29 is 17.9 Å². The highest BCUT2D eigenvalue weighted by atomic mass is 32.2. The molecule has 2 aromatic rings. The third kappa shape index (κ3) is 3.91. The summed E-state index contributed by atoms with van der Waals surface area (Å²) in [6.45, 7) is 2.48. The number of benzene rings is 2. The van der Waals surface area contributed by atoms with Gasteiger partial charge in [0.2, 0.25) is 10.0 Å². The van der Waals surface area contributed by atoms with Gasteiger partial charge in [-0.2, -0.15) is 4.31 Å². The van der Waals surface area contributed by atoms with Crippen LogP contribution in [0.1, 0.15) is 36.5 Å². The van der Waals surface area contributed by atoms with Crippen LogP contribution in [-0.2, 0) is 10.0 Å². The SMILES string of the molecule is C[C@H]1CCCCN1S(=O)(=O)c1ccc(C(=O)Oc2ccccc2)cc1. The second-order valence-electron chi connectivity index (χ2n) is 6.19. The molecule has 1 atom stereocenters. The number of rotatable bonds is 4. The van der Waals surface area contributed by atoms with Crippen LogP contribution >= 0.6 is 0 Å². The highest BCUT2D eigenvalue weighted by Crippen LogP contribution is 2.25. The minimum Gasteiger partial charge on any atom is -0.423 e. The molecule has 0 radical (unpaired) electrons. The molecule has 1 fully saturated rings. The second-order valence-corrected chi connectivity index (χ2v) is 8.08. The van der Waals surface area contributed by atoms with Gasteiger partial charge >= 0.3 is 5.97 Å². The summed E-state index contributed by atoms with van der Waals surface area (Å²) in [6, 6.07) is 14.7. The van der Waals surface area contributed by atoms with Crippen LogP contribution in [0.4, 0.5) is 0 Å². The summed E-state index contributed by atoms with van der Waals surface area (Å²) < 4.78 is 32.4. The summed E-state index contributed by atoms with van der Waals surface area (Å²) >= 11 is 0. The van der Waals surface area contributed by atoms with E-state index in [1.807, 2.05) is 13.0 Å². The van der Waals surface area contributed by atoms with Crippen LogP contribution in [0, 0.1) is 0 Å². The lowest BCUT2D eigenvalue weighted by atomic mass is 10.1. The van der Waals surface area contributed by atoms with Gasteiger partial charge < -0.3 is 4.74 Å². The predicted octanol–water partition coefficient (Wildman–Crippen LogP) is 3.47. The van der Waals surface area contributed by atoms with E-state index in [0.29, 0.717) is 17.9 Å². The van der Waals surface area contributed by atoms with Crippen molar-refractivity contribution in [3.8, 4) is 5.75 Å². The lowest BCUT2D eigenvalue weighted by Gasteiger charge is -2.32. The fourth-order valence-electron chi connectivity index (χ4n) is 2.98. The number of piperidine rings is 1. The average Bonchev–Trinajstić information content (AvgIpc) is 2.63. The number of carbonyl (C=O) groups excluding carboxylic acids is 1. The van der Waals surface area contributed by atoms with E-state index in [1.54, 1.807) is 28.6 Å². The zero-order chi connectivity index (χ0) is 17.9. The number of carbonyl (C=O) groups is 1. The fourth-order valence-corrected chi connectivity index (χ4v) is 4.68. The molecule has 0 spiro atoms. The van der Waals surface area contributed by atoms with Crippen LogP contribution in [0.3, 0.4) is 0 Å². The zero-order valence-electron chi connectivity index (χ0n) is 14.1. The van der Waals surface area contributed by atoms with Crippen LogP contribution in [0.15, 0.2) is 59.5 Å². The van der Waals surface area contributed by atoms with E-state index in [1.165, 1.54) is 24.3 Å². The fraction of sp³-hybridized carbons (Fsp3) is 0.316. The third-order valence-corrected chi connectivity index (χ3v) is 6.42. The molecule has 1 saturated heterocycles. The normalized spacial score (nSPS) is 18.7. The monoisotopic (exact) mass is 359 g/mol. The number of hydrogen-bond donors (Lipinski definition) is 0. The Morgan fingerprint density at radius 2 is 1.72 bits per heavy atom. The van der Waals surface area contributed by atoms with Gasteiger partial charge in [0.05, 0.1) is 10.5 Å². The number of para-hydroxylation sites is 1. The van der Waals surface area contributed by atoms with E-state index in [-0.39, 0.29) is 10.9 Å². The Morgan fingerprint density at radius 3 is 2.36 bits per heavy atom. The van der Waals surface area contributed by atoms with E-state index in [4.69, 9.17) is 4.74 Å². The highest BCUT2D eigenvalue weighted by Gasteiger charge is 2.30. The number of sulfonamides is 1. The van der Waals surface area contributed by atoms with Crippen molar-refractivity contribution in [3.63, 3.8) is 0 Å². The van der Waals surface area contributed by atoms with Gasteiger partial charge in [-0.05, 0) is 56.2 Å². The van der Waals surface area contributed by atoms with E-state index in [9.17, 15) is 13.2 Å². The molecule has 0 N–H and O–H groups in total. The van der Waals surface area contributed by atoms with Crippen molar-refractivity contribution in [1.82, 2.24) is 4.31 Å². The van der Waals surface area contributed by atoms with Crippen LogP contribution in [0.25, 0.3) is 0 Å². The summed E-state index contributed by atoms with van der Waals surface area (Å²) in [5, 5.41) is 0. The van der Waals surface area contributed by atoms with Gasteiger partial charge in [0, 0.05) is 12.6 Å². The lowest BCUT2D eigenvalue weighted by Crippen LogP contribution is -2.41. The number of esters is 1. The molecular formula is C19H21NO4S. The van der Waals surface area contributed by atoms with E-state index in [2.05, 4.69) is 0 Å². The summed E-state index contributed by atoms with van der Waals surface area (Å²) in [7, 11) is -3.53. The van der Waals surface area contributed by atoms with Crippen LogP contribution in [-0.4, -0.2) is 31.3 Å². The molecule has 0 saturated carbocycles. The van der Waals surface area contributed by atoms with Crippen LogP contribution < -0.4 is 4.74 Å². The molecule has 0 bridgehead atoms. The molecule has 3 rings (SSSR count). The Kier molecular flexibility index (Phi) is 5.20. The van der Waals surface area contributed by atoms with Gasteiger partial charge in [-0.3, -0.25) is 0 Å². The summed E-state index contributed by atoms with van der Waals surface area (Å²) in [5.41, 5.74) is 0.314. The number of ether oxygens (including phenoxy) is 1. The Morgan fingerprint density at radius 1 is 1.04 bits per heavy atom. The Hall–Kier alpha value is -2.18. The lowest BCUT2D eigenvalue weighted by molar-refractivity contribution is 0.0734. The predicted molar refractivity (Wildman–Crippen MR) is 95.0 cm³/mol. The van der Waals surface area contributed by atoms with Crippen LogP contribution in [0.5, 0.6) is 5.75 Å². The molecule has 25 heavy (non-hydrogen) atoms. The summed E-state index contributed by atoms with van der Waals surface area (Å²) in [5.74, 6) is -0.0622. The molecule has 0 aromatic heterocycles. The first-order valence-electron chi connectivity index (χ1n) is 8.37. The van der Waals surface area contributed by atoms with Gasteiger partial charge in [-0.1, -0.05) is 24.6 Å². The van der Waals surface area contributed by atoms with Crippen molar-refractivity contribution in [2.45, 2.75) is 37.1 Å². The topological polar surface area (TPSA) is 63.7 Å². The number of hydrogen-bond acceptors (Lipinski definition) is 4. The number of nitrogens with zero attached hydrogens (tertiary/aromatic N) is 1. The molecule has 1 aliphatic rings. The van der Waals surface area contributed by atoms with Gasteiger partial charge in [-0.15, -0.1) is 0 Å². The van der Waals surface area contributed by atoms with Gasteiger partial charge in [0.1, 0.15) is 5.75 Å². The maximum atomic E-state index is 12.8. The quantitative estimate of drug-likeness (QED) is 0.619. The first-order valence-corrected chi connectivity index (χ1v) is 9.81. The van der Waals surface area contributed by atoms with E-state index < -0.39 is 16.0 Å². The molecule has 2 aromatic carbocycles. The molecule has 0 amide bonds. The Bertz CT molecular complexity index is 831. The van der Waals surface area contributed by atoms with E-state index >= 15 is 0 Å². The maximum absolute atomic E-state index is 12.8. The Labute approximate surface area is 148 Å². The van der Waals surface area contributed by atoms with Gasteiger partial charge in [-0.25, -0.2) is 13.2 Å². The first-order chi connectivity index (χ1) is 12.0. The minimum absolute atomic E-state index is 0.00136. The molecule has 0 aliphatic carbocycles. The van der Waals surface area contributed by atoms with Gasteiger partial charge in [0.15, 0.2) is 0 Å². The van der Waals surface area contributed by atoms with Crippen molar-refractivity contribution in [2.75, 3.05) is 6.54 Å². The first kappa shape index (κ1) is 17.6. The average molecular weight is 359 g/mol. The van der Waals surface area contributed by atoms with Crippen LogP contribution in [0.2, 0.25) is 0 Å². The Balaban J connectivity index is 1.76. The second kappa shape index (κ2) is 7.37. The van der Waals surface area contributed by atoms with Crippen molar-refractivity contribution >= 4 is 16.0 Å². The largest absolute Gasteiger partial charge is 0.423 e. The molecule has 6 heteroatoms. The van der Waals surface area contributed by atoms with E-state index in [0.717, 1.165) is 19.3 Å². The molecule has 5 nitrogen and oxygen atoms in total. The highest BCUT2D eigenvalue weighted by molar-refractivity contribution is 7.89. The van der Waals surface area contributed by atoms with Crippen molar-refractivity contribution in [2.24, 2.45) is 0 Å². The smallest absolute Gasteiger partial charge is 0.343 e. The zero-order valence-corrected chi connectivity index (χ0v) is 14.9. The van der Waals surface area contributed by atoms with Crippen molar-refractivity contribution in [3.05, 3.63) is 60.2 Å². The minimum atomic E-state index is -3.53. The standard InChI is InChI=1S/C19H21NO4S/c1-15-7-5-6-14-20(15)25(22,23)18-12-10-16(11-13-18)19(21)24-17-8-3-2-4-9-17/h2-4,8-13,15H,5-7,14H2,1H3/t15-/m0/s1. The molecule has 1 aliphatic heterocycles. The maximum Gasteiger partial charge on any atom is 0.343 e. The molecular weight excluding hydrogens is 338 g/mol. The third-order valence-electron chi connectivity index (χ3n) is 4.39. The summed E-state index contributed by atoms with van der Waals surface area (Å²) in [4.78, 5) is 12.4. The molecule has 0 unspecified atom stereocenters. The van der Waals surface area contributed by atoms with Gasteiger partial charge in [0.25, 0.3) is 0 Å².